The van der Waals surface area contributed by atoms with Gasteiger partial charge in [-0.15, -0.1) is 54.1 Å². The molecular formula is C34H24IrN4O-2. The van der Waals surface area contributed by atoms with E-state index in [1.807, 2.05) is 67.6 Å². The third kappa shape index (κ3) is 4.45. The van der Waals surface area contributed by atoms with Gasteiger partial charge in [0.15, 0.2) is 0 Å². The Bertz CT molecular complexity index is 1990. The number of benzene rings is 3. The first-order chi connectivity index (χ1) is 19.2. The minimum Gasteiger partial charge on any atom is -0.486 e. The minimum atomic E-state index is 0. The van der Waals surface area contributed by atoms with Crippen molar-refractivity contribution in [3.05, 3.63) is 121 Å². The molecule has 1 radical (unpaired) electrons. The monoisotopic (exact) mass is 697 g/mol. The summed E-state index contributed by atoms with van der Waals surface area (Å²) >= 11 is 0. The molecule has 0 spiro atoms. The molecule has 0 fully saturated rings. The average Bonchev–Trinajstić information content (AvgIpc) is 3.56. The van der Waals surface area contributed by atoms with E-state index in [9.17, 15) is 0 Å². The number of imidazole rings is 1. The summed E-state index contributed by atoms with van der Waals surface area (Å²) in [4.78, 5) is 13.6. The van der Waals surface area contributed by atoms with Crippen molar-refractivity contribution in [3.63, 3.8) is 0 Å². The Hall–Kier alpha value is -4.38. The second-order valence-electron chi connectivity index (χ2n) is 9.61. The molecule has 1 aliphatic rings. The molecule has 0 amide bonds. The van der Waals surface area contributed by atoms with Crippen molar-refractivity contribution in [2.75, 3.05) is 0 Å². The normalized spacial score (nSPS) is 13.7. The van der Waals surface area contributed by atoms with Crippen molar-refractivity contribution < 1.29 is 24.5 Å². The number of furan rings is 1. The maximum atomic E-state index is 5.94. The zero-order valence-corrected chi connectivity index (χ0v) is 24.3. The van der Waals surface area contributed by atoms with Crippen LogP contribution in [0, 0.1) is 19.1 Å². The van der Waals surface area contributed by atoms with Gasteiger partial charge in [-0.05, 0) is 49.4 Å². The fraction of sp³-hybridized carbons (Fsp3) is 0.0882. The van der Waals surface area contributed by atoms with E-state index in [0.29, 0.717) is 11.8 Å². The molecule has 197 valence electrons. The molecule has 8 rings (SSSR count). The van der Waals surface area contributed by atoms with Gasteiger partial charge in [-0.3, -0.25) is 4.98 Å². The van der Waals surface area contributed by atoms with Crippen molar-refractivity contribution in [1.82, 2.24) is 19.5 Å². The molecule has 0 saturated heterocycles. The van der Waals surface area contributed by atoms with Gasteiger partial charge >= 0.3 is 0 Å². The summed E-state index contributed by atoms with van der Waals surface area (Å²) in [5.41, 5.74) is 8.70. The summed E-state index contributed by atoms with van der Waals surface area (Å²) in [6.07, 6.45) is 6.18. The number of allylic oxidation sites excluding steroid dienone is 1. The van der Waals surface area contributed by atoms with Gasteiger partial charge in [-0.1, -0.05) is 47.4 Å². The fourth-order valence-electron chi connectivity index (χ4n) is 5.17. The number of nitrogens with zero attached hydrogens (tertiary/aromatic N) is 4. The molecule has 1 unspecified atom stereocenters. The Balaban J connectivity index is 0.000000141. The SMILES string of the molecule is CC1C=Cc2cccc3nc(-c4[c-]cccc4)n1c23.Cc1ccc2c(n1)oc1c(-c3ccccn3)[c-]ccc12.[Ir]. The Kier molecular flexibility index (Phi) is 6.89. The van der Waals surface area contributed by atoms with Crippen molar-refractivity contribution in [2.24, 2.45) is 0 Å². The zero-order valence-electron chi connectivity index (χ0n) is 21.9. The second-order valence-corrected chi connectivity index (χ2v) is 9.61. The Labute approximate surface area is 245 Å². The number of aryl methyl sites for hydroxylation is 1. The van der Waals surface area contributed by atoms with E-state index in [4.69, 9.17) is 9.40 Å². The van der Waals surface area contributed by atoms with Crippen molar-refractivity contribution in [1.29, 1.82) is 0 Å². The predicted octanol–water partition coefficient (Wildman–Crippen LogP) is 8.24. The maximum Gasteiger partial charge on any atom is 0.216 e. The van der Waals surface area contributed by atoms with Crippen molar-refractivity contribution in [3.8, 4) is 22.6 Å². The van der Waals surface area contributed by atoms with E-state index in [1.165, 1.54) is 11.1 Å². The smallest absolute Gasteiger partial charge is 0.216 e. The molecule has 1 aliphatic heterocycles. The molecule has 40 heavy (non-hydrogen) atoms. The van der Waals surface area contributed by atoms with Gasteiger partial charge in [0.05, 0.1) is 22.4 Å². The van der Waals surface area contributed by atoms with Crippen LogP contribution in [0.25, 0.3) is 61.8 Å². The van der Waals surface area contributed by atoms with E-state index >= 15 is 0 Å². The molecule has 0 N–H and O–H groups in total. The van der Waals surface area contributed by atoms with Gasteiger partial charge in [-0.25, -0.2) is 4.98 Å². The van der Waals surface area contributed by atoms with Gasteiger partial charge in [0.25, 0.3) is 0 Å². The first kappa shape index (κ1) is 25.9. The molecule has 6 heteroatoms. The minimum absolute atomic E-state index is 0. The summed E-state index contributed by atoms with van der Waals surface area (Å²) in [6.45, 7) is 4.15. The summed E-state index contributed by atoms with van der Waals surface area (Å²) in [6, 6.07) is 34.9. The molecule has 0 saturated carbocycles. The van der Waals surface area contributed by atoms with Crippen LogP contribution < -0.4 is 0 Å². The van der Waals surface area contributed by atoms with Gasteiger partial charge in [-0.2, -0.15) is 0 Å². The predicted molar refractivity (Wildman–Crippen MR) is 156 cm³/mol. The van der Waals surface area contributed by atoms with Crippen LogP contribution in [0.1, 0.15) is 24.2 Å². The third-order valence-electron chi connectivity index (χ3n) is 7.01. The summed E-state index contributed by atoms with van der Waals surface area (Å²) in [7, 11) is 0. The number of aromatic nitrogens is 4. The molecule has 3 aromatic carbocycles. The van der Waals surface area contributed by atoms with Crippen LogP contribution in [-0.4, -0.2) is 19.5 Å². The number of fused-ring (bicyclic) bond motifs is 3. The quantitative estimate of drug-likeness (QED) is 0.171. The molecule has 5 nitrogen and oxygen atoms in total. The first-order valence-corrected chi connectivity index (χ1v) is 13.0. The Morgan fingerprint density at radius 3 is 2.58 bits per heavy atom. The molecule has 4 aromatic heterocycles. The van der Waals surface area contributed by atoms with Crippen LogP contribution in [0.4, 0.5) is 0 Å². The molecule has 0 aliphatic carbocycles. The van der Waals surface area contributed by atoms with E-state index < -0.39 is 0 Å². The Morgan fingerprint density at radius 2 is 1.75 bits per heavy atom. The van der Waals surface area contributed by atoms with Crippen molar-refractivity contribution in [2.45, 2.75) is 19.9 Å². The van der Waals surface area contributed by atoms with Gasteiger partial charge in [0, 0.05) is 43.4 Å². The fourth-order valence-corrected chi connectivity index (χ4v) is 5.17. The zero-order chi connectivity index (χ0) is 26.3. The van der Waals surface area contributed by atoms with E-state index in [-0.39, 0.29) is 20.1 Å². The van der Waals surface area contributed by atoms with Crippen molar-refractivity contribution >= 4 is 39.2 Å². The number of pyridine rings is 2. The molecule has 7 aromatic rings. The standard InChI is InChI=1S/C17H11N2O.C17H13N2.Ir/c1-11-8-9-13-12-5-4-6-14(15-7-2-3-10-18-15)16(12)20-17(13)19-11;1-12-10-11-13-8-5-9-15-16(13)19(12)17(18-15)14-6-3-2-4-7-14;/h2-5,7-10H,1H3;2-6,8-12H,1H3;/q2*-1;. The van der Waals surface area contributed by atoms with Crippen LogP contribution in [0.15, 0.2) is 102 Å². The van der Waals surface area contributed by atoms with Crippen LogP contribution >= 0.6 is 0 Å². The number of para-hydroxylation sites is 1. The van der Waals surface area contributed by atoms with E-state index in [2.05, 4.69) is 70.0 Å². The van der Waals surface area contributed by atoms with E-state index in [1.54, 1.807) is 6.20 Å². The topological polar surface area (TPSA) is 56.7 Å². The average molecular weight is 697 g/mol. The van der Waals surface area contributed by atoms with Crippen LogP contribution in [0.3, 0.4) is 0 Å². The third-order valence-corrected chi connectivity index (χ3v) is 7.01. The molecular weight excluding hydrogens is 673 g/mol. The van der Waals surface area contributed by atoms with Crippen LogP contribution in [0.5, 0.6) is 0 Å². The molecule has 1 atom stereocenters. The van der Waals surface area contributed by atoms with Gasteiger partial charge in [0.1, 0.15) is 0 Å². The number of hydrogen-bond acceptors (Lipinski definition) is 4. The largest absolute Gasteiger partial charge is 0.486 e. The molecule has 5 heterocycles. The summed E-state index contributed by atoms with van der Waals surface area (Å²) < 4.78 is 8.24. The van der Waals surface area contributed by atoms with E-state index in [0.717, 1.165) is 50.2 Å². The number of rotatable bonds is 2. The van der Waals surface area contributed by atoms with Gasteiger partial charge in [0.2, 0.25) is 5.71 Å². The van der Waals surface area contributed by atoms with Crippen LogP contribution in [-0.2, 0) is 20.1 Å². The number of hydrogen-bond donors (Lipinski definition) is 0. The summed E-state index contributed by atoms with van der Waals surface area (Å²) in [5, 5.41) is 2.07. The second kappa shape index (κ2) is 10.6. The van der Waals surface area contributed by atoms with Gasteiger partial charge < -0.3 is 14.0 Å². The van der Waals surface area contributed by atoms with Crippen LogP contribution in [0.2, 0.25) is 0 Å². The first-order valence-electron chi connectivity index (χ1n) is 13.0. The Morgan fingerprint density at radius 1 is 0.850 bits per heavy atom. The molecule has 0 bridgehead atoms. The maximum absolute atomic E-state index is 5.94. The summed E-state index contributed by atoms with van der Waals surface area (Å²) in [5.74, 6) is 1.000.